The summed E-state index contributed by atoms with van der Waals surface area (Å²) in [7, 11) is 0. The van der Waals surface area contributed by atoms with Crippen LogP contribution in [0.4, 0.5) is 0 Å². The van der Waals surface area contributed by atoms with Gasteiger partial charge >= 0.3 is 0 Å². The lowest BCUT2D eigenvalue weighted by Crippen LogP contribution is -2.49. The summed E-state index contributed by atoms with van der Waals surface area (Å²) in [6, 6.07) is 9.67. The summed E-state index contributed by atoms with van der Waals surface area (Å²) in [4.78, 5) is 14.3. The lowest BCUT2D eigenvalue weighted by atomic mass is 9.75. The molecule has 21 heavy (non-hydrogen) atoms. The van der Waals surface area contributed by atoms with Gasteiger partial charge in [0.05, 0.1) is 12.6 Å². The number of aliphatic hydroxyl groups is 1. The highest BCUT2D eigenvalue weighted by Crippen LogP contribution is 2.44. The fraction of sp³-hybridized carbons (Fsp3) is 0.611. The van der Waals surface area contributed by atoms with Crippen LogP contribution in [-0.2, 0) is 4.79 Å². The van der Waals surface area contributed by atoms with Crippen molar-refractivity contribution >= 4 is 5.91 Å². The Labute approximate surface area is 127 Å². The second-order valence-electron chi connectivity index (χ2n) is 6.84. The summed E-state index contributed by atoms with van der Waals surface area (Å²) in [6.07, 6.45) is 5.64. The van der Waals surface area contributed by atoms with Crippen molar-refractivity contribution in [2.75, 3.05) is 6.54 Å². The van der Waals surface area contributed by atoms with E-state index in [0.717, 1.165) is 30.7 Å². The molecule has 0 unspecified atom stereocenters. The smallest absolute Gasteiger partial charge is 0.223 e. The summed E-state index contributed by atoms with van der Waals surface area (Å²) < 4.78 is 0. The third kappa shape index (κ3) is 2.84. The van der Waals surface area contributed by atoms with Gasteiger partial charge in [-0.15, -0.1) is 0 Å². The van der Waals surface area contributed by atoms with Crippen LogP contribution in [0.5, 0.6) is 0 Å². The zero-order valence-electron chi connectivity index (χ0n) is 12.8. The number of likely N-dealkylation sites (tertiary alicyclic amines) is 1. The highest BCUT2D eigenvalue weighted by Gasteiger charge is 2.46. The third-order valence-corrected chi connectivity index (χ3v) is 5.42. The van der Waals surface area contributed by atoms with Crippen LogP contribution in [0.1, 0.15) is 57.1 Å². The van der Waals surface area contributed by atoms with Crippen LogP contribution in [0.15, 0.2) is 30.3 Å². The number of β-amino-alcohol motifs (C(OH)–C–C–N with tert-alkyl or cyclic N) is 1. The molecule has 1 aromatic rings. The predicted octanol–water partition coefficient (Wildman–Crippen LogP) is 3.29. The van der Waals surface area contributed by atoms with Crippen molar-refractivity contribution in [1.29, 1.82) is 0 Å². The fourth-order valence-electron chi connectivity index (χ4n) is 3.94. The molecule has 1 aliphatic heterocycles. The van der Waals surface area contributed by atoms with Crippen LogP contribution in [0.2, 0.25) is 0 Å². The topological polar surface area (TPSA) is 40.5 Å². The highest BCUT2D eigenvalue weighted by atomic mass is 16.3. The molecule has 1 saturated carbocycles. The highest BCUT2D eigenvalue weighted by molar-refractivity contribution is 5.79. The van der Waals surface area contributed by atoms with E-state index < -0.39 is 6.10 Å². The Morgan fingerprint density at radius 1 is 1.24 bits per heavy atom. The normalized spacial score (nSPS) is 30.9. The first-order valence-corrected chi connectivity index (χ1v) is 8.14. The molecule has 0 bridgehead atoms. The largest absolute Gasteiger partial charge is 0.387 e. The van der Waals surface area contributed by atoms with Gasteiger partial charge < -0.3 is 10.0 Å². The molecule has 1 atom stereocenters. The number of rotatable bonds is 3. The fourth-order valence-corrected chi connectivity index (χ4v) is 3.94. The summed E-state index contributed by atoms with van der Waals surface area (Å²) in [5.41, 5.74) is 0.927. The van der Waals surface area contributed by atoms with Gasteiger partial charge in [-0.1, -0.05) is 37.3 Å². The van der Waals surface area contributed by atoms with Gasteiger partial charge in [-0.25, -0.2) is 0 Å². The van der Waals surface area contributed by atoms with E-state index in [0.29, 0.717) is 13.0 Å². The average molecular weight is 287 g/mol. The van der Waals surface area contributed by atoms with E-state index >= 15 is 0 Å². The van der Waals surface area contributed by atoms with E-state index in [2.05, 4.69) is 6.92 Å². The summed E-state index contributed by atoms with van der Waals surface area (Å²) >= 11 is 0. The number of carbonyl (C=O) groups excluding carboxylic acids is 1. The lowest BCUT2D eigenvalue weighted by Gasteiger charge is -2.44. The lowest BCUT2D eigenvalue weighted by molar-refractivity contribution is -0.134. The molecule has 114 valence electrons. The molecule has 3 heteroatoms. The number of amides is 1. The first-order chi connectivity index (χ1) is 10.1. The minimum absolute atomic E-state index is 0.0271. The molecule has 2 aliphatic rings. The van der Waals surface area contributed by atoms with Crippen LogP contribution in [0, 0.1) is 5.92 Å². The molecule has 1 spiro atoms. The summed E-state index contributed by atoms with van der Waals surface area (Å²) in [5, 5.41) is 10.5. The molecular weight excluding hydrogens is 262 g/mol. The molecule has 0 radical (unpaired) electrons. The minimum atomic E-state index is -0.579. The van der Waals surface area contributed by atoms with Crippen LogP contribution in [-0.4, -0.2) is 28.0 Å². The van der Waals surface area contributed by atoms with E-state index in [-0.39, 0.29) is 11.4 Å². The van der Waals surface area contributed by atoms with Crippen molar-refractivity contribution in [3.8, 4) is 0 Å². The Hall–Kier alpha value is -1.35. The predicted molar refractivity (Wildman–Crippen MR) is 82.7 cm³/mol. The van der Waals surface area contributed by atoms with Gasteiger partial charge in [0.1, 0.15) is 0 Å². The van der Waals surface area contributed by atoms with Crippen LogP contribution >= 0.6 is 0 Å². The summed E-state index contributed by atoms with van der Waals surface area (Å²) in [6.45, 7) is 2.74. The Kier molecular flexibility index (Phi) is 4.03. The molecule has 3 nitrogen and oxygen atoms in total. The average Bonchev–Trinajstić information content (AvgIpc) is 2.81. The molecule has 1 aromatic carbocycles. The molecule has 1 saturated heterocycles. The van der Waals surface area contributed by atoms with Crippen molar-refractivity contribution in [3.05, 3.63) is 35.9 Å². The molecule has 1 heterocycles. The second-order valence-corrected chi connectivity index (χ2v) is 6.84. The number of carbonyl (C=O) groups is 1. The van der Waals surface area contributed by atoms with Crippen molar-refractivity contribution in [3.63, 3.8) is 0 Å². The van der Waals surface area contributed by atoms with Gasteiger partial charge in [0, 0.05) is 12.0 Å². The molecule has 3 rings (SSSR count). The first-order valence-electron chi connectivity index (χ1n) is 8.14. The van der Waals surface area contributed by atoms with Gasteiger partial charge in [0.15, 0.2) is 0 Å². The van der Waals surface area contributed by atoms with Crippen LogP contribution in [0.25, 0.3) is 0 Å². The van der Waals surface area contributed by atoms with Gasteiger partial charge in [-0.05, 0) is 43.6 Å². The first kappa shape index (κ1) is 14.6. The standard InChI is InChI=1S/C18H25NO2/c1-14-7-10-18(11-8-14)12-9-17(21)19(18)13-16(20)15-5-3-2-4-6-15/h2-6,14,16,20H,7-13H2,1H3/t14?,16-,18?/m1/s1. The van der Waals surface area contributed by atoms with Crippen molar-refractivity contribution < 1.29 is 9.90 Å². The molecular formula is C18H25NO2. The van der Waals surface area contributed by atoms with Crippen molar-refractivity contribution in [2.24, 2.45) is 5.92 Å². The molecule has 2 fully saturated rings. The molecule has 0 aromatic heterocycles. The second kappa shape index (κ2) is 5.80. The van der Waals surface area contributed by atoms with Crippen LogP contribution < -0.4 is 0 Å². The van der Waals surface area contributed by atoms with E-state index in [1.807, 2.05) is 35.2 Å². The van der Waals surface area contributed by atoms with Crippen molar-refractivity contribution in [1.82, 2.24) is 4.90 Å². The zero-order chi connectivity index (χ0) is 14.9. The molecule has 1 N–H and O–H groups in total. The quantitative estimate of drug-likeness (QED) is 0.926. The Balaban J connectivity index is 1.74. The maximum Gasteiger partial charge on any atom is 0.223 e. The van der Waals surface area contributed by atoms with Gasteiger partial charge in [-0.2, -0.15) is 0 Å². The van der Waals surface area contributed by atoms with E-state index in [1.54, 1.807) is 0 Å². The number of nitrogens with zero attached hydrogens (tertiary/aromatic N) is 1. The number of hydrogen-bond acceptors (Lipinski definition) is 2. The minimum Gasteiger partial charge on any atom is -0.387 e. The van der Waals surface area contributed by atoms with Crippen LogP contribution in [0.3, 0.4) is 0 Å². The van der Waals surface area contributed by atoms with Gasteiger partial charge in [0.2, 0.25) is 5.91 Å². The van der Waals surface area contributed by atoms with E-state index in [4.69, 9.17) is 0 Å². The van der Waals surface area contributed by atoms with Gasteiger partial charge in [-0.3, -0.25) is 4.79 Å². The summed E-state index contributed by atoms with van der Waals surface area (Å²) in [5.74, 6) is 0.992. The van der Waals surface area contributed by atoms with E-state index in [9.17, 15) is 9.90 Å². The third-order valence-electron chi connectivity index (χ3n) is 5.42. The van der Waals surface area contributed by atoms with Crippen molar-refractivity contribution in [2.45, 2.75) is 57.1 Å². The SMILES string of the molecule is CC1CCC2(CCC(=O)N2C[C@@H](O)c2ccccc2)CC1. The Morgan fingerprint density at radius 2 is 1.90 bits per heavy atom. The number of hydrogen-bond donors (Lipinski definition) is 1. The van der Waals surface area contributed by atoms with Gasteiger partial charge in [0.25, 0.3) is 0 Å². The molecule has 1 aliphatic carbocycles. The zero-order valence-corrected chi connectivity index (χ0v) is 12.8. The Morgan fingerprint density at radius 3 is 2.57 bits per heavy atom. The number of aliphatic hydroxyl groups excluding tert-OH is 1. The maximum atomic E-state index is 12.3. The maximum absolute atomic E-state index is 12.3. The Bertz CT molecular complexity index is 491. The monoisotopic (exact) mass is 287 g/mol. The number of benzene rings is 1. The van der Waals surface area contributed by atoms with E-state index in [1.165, 1.54) is 12.8 Å². The molecule has 1 amide bonds.